The summed E-state index contributed by atoms with van der Waals surface area (Å²) in [7, 11) is -3.83. The van der Waals surface area contributed by atoms with Gasteiger partial charge in [0, 0.05) is 19.2 Å². The fourth-order valence-corrected chi connectivity index (χ4v) is 7.34. The molecule has 0 radical (unpaired) electrons. The van der Waals surface area contributed by atoms with E-state index in [0.717, 1.165) is 17.1 Å². The van der Waals surface area contributed by atoms with Gasteiger partial charge in [-0.2, -0.15) is 4.31 Å². The lowest BCUT2D eigenvalue weighted by molar-refractivity contribution is -0.114. The Balaban J connectivity index is 1.72. The van der Waals surface area contributed by atoms with Gasteiger partial charge in [-0.25, -0.2) is 16.8 Å². The summed E-state index contributed by atoms with van der Waals surface area (Å²) in [5, 5.41) is 2.63. The van der Waals surface area contributed by atoms with Crippen molar-refractivity contribution in [1.29, 1.82) is 0 Å². The highest BCUT2D eigenvalue weighted by molar-refractivity contribution is 7.93. The number of nitrogens with zero attached hydrogens (tertiary/aromatic N) is 2. The maximum Gasteiger partial charge on any atom is 0.264 e. The van der Waals surface area contributed by atoms with Crippen LogP contribution in [0.4, 0.5) is 11.4 Å². The van der Waals surface area contributed by atoms with E-state index < -0.39 is 32.5 Å². The zero-order valence-electron chi connectivity index (χ0n) is 22.4. The first-order chi connectivity index (χ1) is 19.1. The van der Waals surface area contributed by atoms with Crippen LogP contribution in [0.15, 0.2) is 76.5 Å². The fraction of sp³-hybridized carbons (Fsp3) is 0.296. The Bertz CT molecular complexity index is 1570. The van der Waals surface area contributed by atoms with Gasteiger partial charge in [-0.15, -0.1) is 0 Å². The van der Waals surface area contributed by atoms with E-state index in [1.807, 2.05) is 0 Å². The molecule has 1 N–H and O–H groups in total. The van der Waals surface area contributed by atoms with Gasteiger partial charge in [0.2, 0.25) is 15.9 Å². The topological polar surface area (TPSA) is 132 Å². The minimum absolute atomic E-state index is 0.00581. The highest BCUT2D eigenvalue weighted by Gasteiger charge is 2.31. The summed E-state index contributed by atoms with van der Waals surface area (Å²) in [6, 6.07) is 16.4. The normalized spacial score (nSPS) is 14.0. The number of benzene rings is 3. The van der Waals surface area contributed by atoms with E-state index in [9.17, 15) is 21.6 Å². The summed E-state index contributed by atoms with van der Waals surface area (Å²) in [5.74, 6) is 0.0268. The largest absolute Gasteiger partial charge is 0.497 e. The molecule has 0 spiro atoms. The van der Waals surface area contributed by atoms with Gasteiger partial charge in [0.1, 0.15) is 23.8 Å². The molecule has 3 aromatic carbocycles. The second-order valence-corrected chi connectivity index (χ2v) is 12.7. The van der Waals surface area contributed by atoms with Crippen molar-refractivity contribution >= 4 is 37.3 Å². The number of ether oxygens (including phenoxy) is 3. The predicted octanol–water partition coefficient (Wildman–Crippen LogP) is 3.33. The zero-order chi connectivity index (χ0) is 28.9. The first-order valence-electron chi connectivity index (χ1n) is 12.4. The molecule has 11 nitrogen and oxygen atoms in total. The highest BCUT2D eigenvalue weighted by atomic mass is 32.2. The second-order valence-electron chi connectivity index (χ2n) is 8.88. The summed E-state index contributed by atoms with van der Waals surface area (Å²) < 4.78 is 72.1. The van der Waals surface area contributed by atoms with Crippen LogP contribution >= 0.6 is 0 Å². The van der Waals surface area contributed by atoms with Gasteiger partial charge in [0.15, 0.2) is 0 Å². The van der Waals surface area contributed by atoms with E-state index in [2.05, 4.69) is 5.32 Å². The van der Waals surface area contributed by atoms with E-state index in [1.54, 1.807) is 24.3 Å². The number of amides is 1. The number of carbonyl (C=O) groups is 1. The summed E-state index contributed by atoms with van der Waals surface area (Å²) >= 11 is 0. The van der Waals surface area contributed by atoms with Crippen LogP contribution in [0, 0.1) is 0 Å². The van der Waals surface area contributed by atoms with Crippen molar-refractivity contribution in [2.24, 2.45) is 0 Å². The number of nitrogens with one attached hydrogen (secondary N) is 1. The van der Waals surface area contributed by atoms with Gasteiger partial charge < -0.3 is 19.5 Å². The molecule has 1 amide bonds. The quantitative estimate of drug-likeness (QED) is 0.360. The molecule has 1 aliphatic rings. The van der Waals surface area contributed by atoms with Crippen molar-refractivity contribution < 1.29 is 35.8 Å². The monoisotopic (exact) mass is 589 g/mol. The summed E-state index contributed by atoms with van der Waals surface area (Å²) in [4.78, 5) is 13.4. The molecule has 1 saturated heterocycles. The first kappa shape index (κ1) is 29.2. The smallest absolute Gasteiger partial charge is 0.264 e. The third-order valence-electron chi connectivity index (χ3n) is 6.42. The standard InChI is InChI=1S/C27H31N3O8S2/c1-36-20-11-13-26(38-3)24(17-20)30(40(34,35)21-9-5-4-6-10-21)19-27(31)28-23-18-22(12-14-25(23)37-2)39(32,33)29-15-7-8-16-29/h4-6,9-14,17-18H,7-8,15-16,19H2,1-3H3,(H,28,31). The molecule has 0 atom stereocenters. The van der Waals surface area contributed by atoms with Gasteiger partial charge in [-0.05, 0) is 55.3 Å². The molecular formula is C27H31N3O8S2. The second kappa shape index (κ2) is 12.1. The molecule has 1 fully saturated rings. The summed E-state index contributed by atoms with van der Waals surface area (Å²) in [5.41, 5.74) is 0.167. The van der Waals surface area contributed by atoms with E-state index in [4.69, 9.17) is 14.2 Å². The Morgan fingerprint density at radius 1 is 0.825 bits per heavy atom. The van der Waals surface area contributed by atoms with E-state index in [0.29, 0.717) is 18.8 Å². The van der Waals surface area contributed by atoms with Crippen LogP contribution in [0.1, 0.15) is 12.8 Å². The minimum atomic E-state index is -4.25. The average Bonchev–Trinajstić information content (AvgIpc) is 3.52. The molecule has 0 aliphatic carbocycles. The van der Waals surface area contributed by atoms with Crippen molar-refractivity contribution in [3.05, 3.63) is 66.7 Å². The van der Waals surface area contributed by atoms with Gasteiger partial charge in [-0.3, -0.25) is 9.10 Å². The van der Waals surface area contributed by atoms with Crippen LogP contribution in [0.2, 0.25) is 0 Å². The number of rotatable bonds is 11. The van der Waals surface area contributed by atoms with Gasteiger partial charge in [0.05, 0.1) is 42.5 Å². The van der Waals surface area contributed by atoms with Crippen molar-refractivity contribution in [2.75, 3.05) is 50.6 Å². The lowest BCUT2D eigenvalue weighted by Gasteiger charge is -2.26. The highest BCUT2D eigenvalue weighted by Crippen LogP contribution is 2.36. The molecule has 1 heterocycles. The number of methoxy groups -OCH3 is 3. The van der Waals surface area contributed by atoms with Crippen molar-refractivity contribution in [1.82, 2.24) is 4.31 Å². The SMILES string of the molecule is COc1ccc(OC)c(N(CC(=O)Nc2cc(S(=O)(=O)N3CCCC3)ccc2OC)S(=O)(=O)c2ccccc2)c1. The molecule has 214 valence electrons. The molecule has 4 rings (SSSR count). The molecule has 3 aromatic rings. The molecule has 0 unspecified atom stereocenters. The van der Waals surface area contributed by atoms with Gasteiger partial charge in [-0.1, -0.05) is 18.2 Å². The Morgan fingerprint density at radius 2 is 1.48 bits per heavy atom. The Kier molecular flexibility index (Phi) is 8.86. The van der Waals surface area contributed by atoms with Gasteiger partial charge >= 0.3 is 0 Å². The number of carbonyl (C=O) groups excluding carboxylic acids is 1. The molecule has 0 saturated carbocycles. The maximum atomic E-state index is 13.8. The first-order valence-corrected chi connectivity index (χ1v) is 15.3. The fourth-order valence-electron chi connectivity index (χ4n) is 4.35. The van der Waals surface area contributed by atoms with Crippen LogP contribution in [-0.4, -0.2) is 68.0 Å². The van der Waals surface area contributed by atoms with Crippen molar-refractivity contribution in [3.8, 4) is 17.2 Å². The van der Waals surface area contributed by atoms with Crippen LogP contribution in [0.5, 0.6) is 17.2 Å². The van der Waals surface area contributed by atoms with Crippen molar-refractivity contribution in [3.63, 3.8) is 0 Å². The van der Waals surface area contributed by atoms with E-state index >= 15 is 0 Å². The minimum Gasteiger partial charge on any atom is -0.497 e. The number of hydrogen-bond donors (Lipinski definition) is 1. The van der Waals surface area contributed by atoms with Crippen LogP contribution in [0.25, 0.3) is 0 Å². The third kappa shape index (κ3) is 6.01. The van der Waals surface area contributed by atoms with E-state index in [1.165, 1.54) is 68.1 Å². The Hall–Kier alpha value is -3.81. The molecule has 0 aromatic heterocycles. The van der Waals surface area contributed by atoms with Crippen LogP contribution in [-0.2, 0) is 24.8 Å². The number of anilines is 2. The summed E-state index contributed by atoms with van der Waals surface area (Å²) in [6.45, 7) is 0.183. The van der Waals surface area contributed by atoms with E-state index in [-0.39, 0.29) is 32.7 Å². The molecule has 1 aliphatic heterocycles. The third-order valence-corrected chi connectivity index (χ3v) is 10.1. The lowest BCUT2D eigenvalue weighted by Crippen LogP contribution is -2.38. The maximum absolute atomic E-state index is 13.8. The van der Waals surface area contributed by atoms with Crippen LogP contribution in [0.3, 0.4) is 0 Å². The molecular weight excluding hydrogens is 558 g/mol. The summed E-state index contributed by atoms with van der Waals surface area (Å²) in [6.07, 6.45) is 1.55. The predicted molar refractivity (Wildman–Crippen MR) is 150 cm³/mol. The van der Waals surface area contributed by atoms with Crippen LogP contribution < -0.4 is 23.8 Å². The number of hydrogen-bond acceptors (Lipinski definition) is 8. The zero-order valence-corrected chi connectivity index (χ0v) is 24.0. The molecule has 13 heteroatoms. The van der Waals surface area contributed by atoms with Crippen molar-refractivity contribution in [2.45, 2.75) is 22.6 Å². The Morgan fingerprint density at radius 3 is 2.10 bits per heavy atom. The molecule has 40 heavy (non-hydrogen) atoms. The Labute approximate surface area is 234 Å². The molecule has 0 bridgehead atoms. The van der Waals surface area contributed by atoms with Gasteiger partial charge in [0.25, 0.3) is 10.0 Å². The average molecular weight is 590 g/mol. The number of sulfonamides is 2. The lowest BCUT2D eigenvalue weighted by atomic mass is 10.2.